The zero-order chi connectivity index (χ0) is 19.4. The van der Waals surface area contributed by atoms with E-state index in [0.717, 1.165) is 5.92 Å². The van der Waals surface area contributed by atoms with E-state index >= 15 is 0 Å². The number of benzene rings is 2. The van der Waals surface area contributed by atoms with Gasteiger partial charge in [-0.05, 0) is 43.0 Å². The molecule has 0 saturated heterocycles. The quantitative estimate of drug-likeness (QED) is 0.327. The summed E-state index contributed by atoms with van der Waals surface area (Å²) in [7, 11) is -10.7. The van der Waals surface area contributed by atoms with E-state index < -0.39 is 7.81 Å². The van der Waals surface area contributed by atoms with Crippen LogP contribution in [0.3, 0.4) is 0 Å². The Kier molecular flexibility index (Phi) is 6.60. The molecule has 0 heterocycles. The molecule has 2 aromatic rings. The Balaban J connectivity index is 0.000000381. The molecule has 0 aliphatic carbocycles. The van der Waals surface area contributed by atoms with Crippen molar-refractivity contribution in [1.29, 1.82) is 0 Å². The van der Waals surface area contributed by atoms with Gasteiger partial charge in [-0.15, -0.1) is 0 Å². The normalized spacial score (nSPS) is 14.3. The molecule has 0 amide bonds. The van der Waals surface area contributed by atoms with Crippen molar-refractivity contribution in [3.8, 4) is 0 Å². The Morgan fingerprint density at radius 1 is 0.840 bits per heavy atom. The van der Waals surface area contributed by atoms with E-state index in [2.05, 4.69) is 69.3 Å². The van der Waals surface area contributed by atoms with E-state index in [1.807, 2.05) is 0 Å². The summed E-state index contributed by atoms with van der Waals surface area (Å²) in [6, 6.07) is 18.0. The maximum absolute atomic E-state index is 10.7. The third-order valence-corrected chi connectivity index (χ3v) is 5.98. The van der Waals surface area contributed by atoms with Gasteiger partial charge in [-0.3, -0.25) is 0 Å². The van der Waals surface area contributed by atoms with Crippen LogP contribution in [0.15, 0.2) is 48.5 Å². The Labute approximate surface area is 154 Å². The first-order valence-corrected chi connectivity index (χ1v) is 11.6. The SMILES string of the molecule is Cc1ccccc1[I+]c1ccc(CC(C)C)cc1.F[P-](F)(F)(F)(F)F. The van der Waals surface area contributed by atoms with Crippen molar-refractivity contribution in [3.63, 3.8) is 0 Å². The first-order valence-electron chi connectivity index (χ1n) is 7.46. The fraction of sp³-hybridized carbons (Fsp3) is 0.294. The fourth-order valence-electron chi connectivity index (χ4n) is 1.93. The van der Waals surface area contributed by atoms with Gasteiger partial charge >= 0.3 is 54.2 Å². The van der Waals surface area contributed by atoms with Crippen LogP contribution in [0.5, 0.6) is 0 Å². The van der Waals surface area contributed by atoms with Gasteiger partial charge in [0.25, 0.3) is 0 Å². The number of hydrogen-bond donors (Lipinski definition) is 0. The Hall–Kier alpha value is -0.820. The fourth-order valence-corrected chi connectivity index (χ4v) is 4.31. The molecule has 0 aliphatic rings. The van der Waals surface area contributed by atoms with Crippen LogP contribution in [0.2, 0.25) is 0 Å². The van der Waals surface area contributed by atoms with Crippen LogP contribution in [-0.4, -0.2) is 0 Å². The molecule has 0 fully saturated rings. The molecule has 25 heavy (non-hydrogen) atoms. The summed E-state index contributed by atoms with van der Waals surface area (Å²) in [5, 5.41) is 0. The van der Waals surface area contributed by atoms with Crippen molar-refractivity contribution in [2.45, 2.75) is 27.2 Å². The van der Waals surface area contributed by atoms with Crippen molar-refractivity contribution >= 4 is 7.81 Å². The summed E-state index contributed by atoms with van der Waals surface area (Å²) in [5.41, 5.74) is 2.89. The molecule has 0 unspecified atom stereocenters. The van der Waals surface area contributed by atoms with E-state index in [1.165, 1.54) is 24.7 Å². The van der Waals surface area contributed by atoms with Crippen molar-refractivity contribution in [3.05, 3.63) is 66.8 Å². The van der Waals surface area contributed by atoms with Crippen LogP contribution in [0.25, 0.3) is 0 Å². The number of hydrogen-bond acceptors (Lipinski definition) is 0. The predicted octanol–water partition coefficient (Wildman–Crippen LogP) is 4.70. The second-order valence-electron chi connectivity index (χ2n) is 6.03. The second kappa shape index (κ2) is 7.43. The zero-order valence-corrected chi connectivity index (χ0v) is 17.0. The summed E-state index contributed by atoms with van der Waals surface area (Å²) in [6.07, 6.45) is 1.18. The Bertz CT molecular complexity index is 682. The summed E-state index contributed by atoms with van der Waals surface area (Å²) in [6.45, 7) is 6.75. The average Bonchev–Trinajstić information content (AvgIpc) is 2.39. The summed E-state index contributed by atoms with van der Waals surface area (Å²) < 4.78 is 62.2. The van der Waals surface area contributed by atoms with Crippen LogP contribution in [-0.2, 0) is 6.42 Å². The predicted molar refractivity (Wildman–Crippen MR) is 87.1 cm³/mol. The van der Waals surface area contributed by atoms with Crippen molar-refractivity contribution in [2.75, 3.05) is 0 Å². The van der Waals surface area contributed by atoms with Gasteiger partial charge in [0.15, 0.2) is 7.14 Å². The molecule has 0 radical (unpaired) electrons. The van der Waals surface area contributed by atoms with Crippen LogP contribution in [0.1, 0.15) is 25.0 Å². The molecular formula is C17H20F6IP. The molecule has 142 valence electrons. The molecular weight excluding hydrogens is 476 g/mol. The molecule has 0 spiro atoms. The van der Waals surface area contributed by atoms with Crippen LogP contribution >= 0.6 is 7.81 Å². The van der Waals surface area contributed by atoms with Gasteiger partial charge in [0.2, 0.25) is 0 Å². The van der Waals surface area contributed by atoms with E-state index in [-0.39, 0.29) is 21.2 Å². The van der Waals surface area contributed by atoms with Gasteiger partial charge < -0.3 is 0 Å². The van der Waals surface area contributed by atoms with Crippen molar-refractivity contribution < 1.29 is 46.4 Å². The van der Waals surface area contributed by atoms with E-state index in [1.54, 1.807) is 0 Å². The minimum absolute atomic E-state index is 0.0269. The topological polar surface area (TPSA) is 0 Å². The number of halogens is 7. The van der Waals surface area contributed by atoms with Gasteiger partial charge in [0.1, 0.15) is 0 Å². The average molecular weight is 496 g/mol. The number of aryl methyl sites for hydroxylation is 1. The molecule has 0 saturated carbocycles. The van der Waals surface area contributed by atoms with Gasteiger partial charge in [-0.25, -0.2) is 0 Å². The van der Waals surface area contributed by atoms with Crippen molar-refractivity contribution in [2.24, 2.45) is 5.92 Å². The van der Waals surface area contributed by atoms with Gasteiger partial charge in [0, 0.05) is 5.56 Å². The molecule has 0 aliphatic heterocycles. The zero-order valence-electron chi connectivity index (χ0n) is 14.0. The van der Waals surface area contributed by atoms with E-state index in [4.69, 9.17) is 0 Å². The molecule has 2 aromatic carbocycles. The standard InChI is InChI=1S/C17H20I.F6P/c1-13(2)12-15-8-10-16(11-9-15)18-17-7-5-4-6-14(17)3;1-7(2,3,4,5)6/h4-11,13H,12H2,1-3H3;/q+1;-1. The van der Waals surface area contributed by atoms with Crippen molar-refractivity contribution in [1.82, 2.24) is 0 Å². The molecule has 2 rings (SSSR count). The summed E-state index contributed by atoms with van der Waals surface area (Å²) >= 11 is -0.0269. The first kappa shape index (κ1) is 22.2. The summed E-state index contributed by atoms with van der Waals surface area (Å²) in [5.74, 6) is 0.738. The van der Waals surface area contributed by atoms with Crippen LogP contribution in [0, 0.1) is 20.0 Å². The molecule has 0 nitrogen and oxygen atoms in total. The molecule has 0 bridgehead atoms. The van der Waals surface area contributed by atoms with Gasteiger partial charge in [0.05, 0.1) is 0 Å². The Morgan fingerprint density at radius 3 is 1.76 bits per heavy atom. The molecule has 0 N–H and O–H groups in total. The second-order valence-corrected chi connectivity index (χ2v) is 10.9. The minimum atomic E-state index is -10.7. The Morgan fingerprint density at radius 2 is 1.32 bits per heavy atom. The molecule has 0 aromatic heterocycles. The summed E-state index contributed by atoms with van der Waals surface area (Å²) in [4.78, 5) is 0. The third-order valence-electron chi connectivity index (χ3n) is 2.84. The number of rotatable bonds is 4. The van der Waals surface area contributed by atoms with Crippen LogP contribution in [0.4, 0.5) is 25.2 Å². The van der Waals surface area contributed by atoms with E-state index in [0.29, 0.717) is 0 Å². The van der Waals surface area contributed by atoms with Crippen LogP contribution < -0.4 is 21.2 Å². The first-order chi connectivity index (χ1) is 11.1. The van der Waals surface area contributed by atoms with Gasteiger partial charge in [-0.2, -0.15) is 0 Å². The van der Waals surface area contributed by atoms with Gasteiger partial charge in [-0.1, -0.05) is 44.2 Å². The third kappa shape index (κ3) is 13.1. The van der Waals surface area contributed by atoms with E-state index in [9.17, 15) is 25.2 Å². The maximum atomic E-state index is 9.87. The molecule has 0 atom stereocenters. The monoisotopic (exact) mass is 496 g/mol. The molecule has 8 heteroatoms.